The molecule has 1 amide bonds. The number of hydrogen-bond acceptors (Lipinski definition) is 3. The quantitative estimate of drug-likeness (QED) is 0.689. The first-order valence-electron chi connectivity index (χ1n) is 8.25. The van der Waals surface area contributed by atoms with E-state index in [1.807, 2.05) is 0 Å². The maximum atomic E-state index is 12.9. The van der Waals surface area contributed by atoms with E-state index in [2.05, 4.69) is 0 Å². The van der Waals surface area contributed by atoms with Crippen LogP contribution < -0.4 is 10.5 Å². The number of halogens is 3. The molecule has 0 aliphatic heterocycles. The highest BCUT2D eigenvalue weighted by atomic mass is 19.4. The third-order valence-corrected chi connectivity index (χ3v) is 4.20. The van der Waals surface area contributed by atoms with Crippen molar-refractivity contribution in [2.75, 3.05) is 0 Å². The zero-order valence-corrected chi connectivity index (χ0v) is 14.5. The summed E-state index contributed by atoms with van der Waals surface area (Å²) in [4.78, 5) is 12.1. The highest BCUT2D eigenvalue weighted by Gasteiger charge is 2.38. The van der Waals surface area contributed by atoms with Gasteiger partial charge in [0, 0.05) is 5.56 Å². The monoisotopic (exact) mass is 387 g/mol. The molecule has 144 valence electrons. The summed E-state index contributed by atoms with van der Waals surface area (Å²) < 4.78 is 44.1. The van der Waals surface area contributed by atoms with E-state index >= 15 is 0 Å². The van der Waals surface area contributed by atoms with Gasteiger partial charge in [-0.05, 0) is 35.9 Å². The van der Waals surface area contributed by atoms with Gasteiger partial charge in [-0.15, -0.1) is 0 Å². The van der Waals surface area contributed by atoms with Gasteiger partial charge in [-0.2, -0.15) is 13.2 Å². The largest absolute Gasteiger partial charge is 0.457 e. The summed E-state index contributed by atoms with van der Waals surface area (Å²) in [7, 11) is 0. The molecule has 4 nitrogen and oxygen atoms in total. The van der Waals surface area contributed by atoms with Crippen LogP contribution >= 0.6 is 0 Å². The van der Waals surface area contributed by atoms with E-state index in [4.69, 9.17) is 10.5 Å². The van der Waals surface area contributed by atoms with Crippen molar-refractivity contribution in [3.8, 4) is 11.5 Å². The Morgan fingerprint density at radius 1 is 0.786 bits per heavy atom. The molecule has 0 radical (unpaired) electrons. The molecule has 0 saturated carbocycles. The Bertz CT molecular complexity index is 989. The minimum Gasteiger partial charge on any atom is -0.457 e. The zero-order chi connectivity index (χ0) is 20.4. The molecule has 0 bridgehead atoms. The van der Waals surface area contributed by atoms with Crippen LogP contribution in [0, 0.1) is 0 Å². The number of carbonyl (C=O) groups is 1. The van der Waals surface area contributed by atoms with Gasteiger partial charge in [-0.1, -0.05) is 48.5 Å². The van der Waals surface area contributed by atoms with Crippen molar-refractivity contribution in [2.24, 2.45) is 5.73 Å². The number of benzene rings is 3. The number of nitrogens with two attached hydrogens (primary N) is 1. The Balaban J connectivity index is 1.97. The average molecular weight is 387 g/mol. The number of rotatable bonds is 5. The minimum absolute atomic E-state index is 0.0331. The van der Waals surface area contributed by atoms with Gasteiger partial charge in [-0.25, -0.2) is 0 Å². The highest BCUT2D eigenvalue weighted by Crippen LogP contribution is 2.35. The third kappa shape index (κ3) is 3.84. The topological polar surface area (TPSA) is 72.6 Å². The zero-order valence-electron chi connectivity index (χ0n) is 14.5. The van der Waals surface area contributed by atoms with Crippen LogP contribution in [0.25, 0.3) is 0 Å². The van der Waals surface area contributed by atoms with E-state index < -0.39 is 23.2 Å². The van der Waals surface area contributed by atoms with Crippen molar-refractivity contribution >= 4 is 5.91 Å². The van der Waals surface area contributed by atoms with E-state index in [0.29, 0.717) is 0 Å². The Morgan fingerprint density at radius 2 is 1.29 bits per heavy atom. The fourth-order valence-electron chi connectivity index (χ4n) is 2.79. The number of ether oxygens (including phenoxy) is 1. The molecule has 0 aliphatic rings. The minimum atomic E-state index is -4.50. The van der Waals surface area contributed by atoms with Gasteiger partial charge in [0.2, 0.25) is 0 Å². The molecule has 1 unspecified atom stereocenters. The lowest BCUT2D eigenvalue weighted by Crippen LogP contribution is -2.42. The molecule has 3 N–H and O–H groups in total. The van der Waals surface area contributed by atoms with Gasteiger partial charge >= 0.3 is 6.18 Å². The van der Waals surface area contributed by atoms with Crippen molar-refractivity contribution in [3.05, 3.63) is 95.6 Å². The molecule has 0 aromatic heterocycles. The van der Waals surface area contributed by atoms with Crippen LogP contribution in [-0.2, 0) is 16.6 Å². The first-order chi connectivity index (χ1) is 13.2. The smallest absolute Gasteiger partial charge is 0.416 e. The molecular formula is C21H16F3NO3. The highest BCUT2D eigenvalue weighted by molar-refractivity contribution is 5.88. The van der Waals surface area contributed by atoms with Crippen LogP contribution in [0.1, 0.15) is 16.7 Å². The van der Waals surface area contributed by atoms with Gasteiger partial charge in [0.25, 0.3) is 5.91 Å². The van der Waals surface area contributed by atoms with E-state index in [1.165, 1.54) is 36.4 Å². The van der Waals surface area contributed by atoms with Crippen LogP contribution in [-0.4, -0.2) is 11.0 Å². The van der Waals surface area contributed by atoms with Crippen molar-refractivity contribution in [1.82, 2.24) is 0 Å². The molecule has 0 fully saturated rings. The number of hydrogen-bond donors (Lipinski definition) is 2. The number of aliphatic hydroxyl groups is 1. The predicted molar refractivity (Wildman–Crippen MR) is 96.6 cm³/mol. The summed E-state index contributed by atoms with van der Waals surface area (Å²) in [5.74, 6) is -0.878. The summed E-state index contributed by atoms with van der Waals surface area (Å²) in [6.07, 6.45) is -4.50. The van der Waals surface area contributed by atoms with Crippen LogP contribution in [0.5, 0.6) is 11.5 Å². The van der Waals surface area contributed by atoms with Gasteiger partial charge < -0.3 is 15.6 Å². The summed E-state index contributed by atoms with van der Waals surface area (Å²) in [5.41, 5.74) is 2.88. The normalized spacial score (nSPS) is 13.6. The Hall–Kier alpha value is -3.32. The lowest BCUT2D eigenvalue weighted by atomic mass is 9.85. The number of carbonyl (C=O) groups excluding carboxylic acids is 1. The molecular weight excluding hydrogens is 371 g/mol. The van der Waals surface area contributed by atoms with E-state index in [0.717, 1.165) is 12.1 Å². The summed E-state index contributed by atoms with van der Waals surface area (Å²) >= 11 is 0. The maximum absolute atomic E-state index is 12.9. The average Bonchev–Trinajstić information content (AvgIpc) is 2.67. The first-order valence-corrected chi connectivity index (χ1v) is 8.25. The fraction of sp³-hybridized carbons (Fsp3) is 0.0952. The number of primary amides is 1. The summed E-state index contributed by atoms with van der Waals surface area (Å²) in [5, 5.41) is 11.0. The van der Waals surface area contributed by atoms with Crippen molar-refractivity contribution in [1.29, 1.82) is 0 Å². The van der Waals surface area contributed by atoms with Gasteiger partial charge in [0.05, 0.1) is 5.56 Å². The molecule has 3 aromatic rings. The second-order valence-electron chi connectivity index (χ2n) is 6.10. The number of alkyl halides is 3. The van der Waals surface area contributed by atoms with Crippen molar-refractivity contribution in [3.63, 3.8) is 0 Å². The second kappa shape index (κ2) is 7.36. The van der Waals surface area contributed by atoms with Crippen LogP contribution in [0.15, 0.2) is 78.9 Å². The van der Waals surface area contributed by atoms with E-state index in [9.17, 15) is 23.1 Å². The van der Waals surface area contributed by atoms with Gasteiger partial charge in [0.15, 0.2) is 5.60 Å². The van der Waals surface area contributed by atoms with Crippen LogP contribution in [0.2, 0.25) is 0 Å². The molecule has 28 heavy (non-hydrogen) atoms. The Kier molecular flexibility index (Phi) is 5.11. The molecule has 3 rings (SSSR count). The molecule has 0 aliphatic carbocycles. The maximum Gasteiger partial charge on any atom is 0.416 e. The SMILES string of the molecule is NC(=O)C(O)(c1ccccc1)c1cccc(Oc2cccc(C(F)(F)F)c2)c1. The lowest BCUT2D eigenvalue weighted by Gasteiger charge is -2.26. The molecule has 3 aromatic carbocycles. The molecule has 0 saturated heterocycles. The van der Waals surface area contributed by atoms with E-state index in [1.54, 1.807) is 30.3 Å². The third-order valence-electron chi connectivity index (χ3n) is 4.20. The summed E-state index contributed by atoms with van der Waals surface area (Å²) in [6.45, 7) is 0. The molecule has 1 atom stereocenters. The second-order valence-corrected chi connectivity index (χ2v) is 6.10. The van der Waals surface area contributed by atoms with E-state index in [-0.39, 0.29) is 22.6 Å². The van der Waals surface area contributed by atoms with Gasteiger partial charge in [-0.3, -0.25) is 4.79 Å². The van der Waals surface area contributed by atoms with Crippen LogP contribution in [0.3, 0.4) is 0 Å². The predicted octanol–water partition coefficient (Wildman–Crippen LogP) is 4.22. The molecule has 0 spiro atoms. The standard InChI is InChI=1S/C21H16F3NO3/c22-21(23,24)16-9-5-11-18(13-16)28-17-10-4-8-15(12-17)20(27,19(25)26)14-6-2-1-3-7-14/h1-13,27H,(H2,25,26). The van der Waals surface area contributed by atoms with Crippen LogP contribution in [0.4, 0.5) is 13.2 Å². The van der Waals surface area contributed by atoms with Crippen molar-refractivity contribution in [2.45, 2.75) is 11.8 Å². The fourth-order valence-corrected chi connectivity index (χ4v) is 2.79. The van der Waals surface area contributed by atoms with Crippen molar-refractivity contribution < 1.29 is 27.8 Å². The summed E-state index contributed by atoms with van der Waals surface area (Å²) in [6, 6.07) is 18.4. The van der Waals surface area contributed by atoms with Gasteiger partial charge in [0.1, 0.15) is 11.5 Å². The molecule has 0 heterocycles. The molecule has 7 heteroatoms. The first kappa shape index (κ1) is 19.4. The lowest BCUT2D eigenvalue weighted by molar-refractivity contribution is -0.137. The number of amides is 1. The Morgan fingerprint density at radius 3 is 1.82 bits per heavy atom. The Labute approximate surface area is 159 Å².